The molecule has 5 heteroatoms. The minimum Gasteiger partial charge on any atom is -0.491 e. The van der Waals surface area contributed by atoms with Crippen LogP contribution < -0.4 is 15.4 Å². The molecule has 2 N–H and O–H groups in total. The van der Waals surface area contributed by atoms with E-state index in [2.05, 4.69) is 10.6 Å². The first-order valence-corrected chi connectivity index (χ1v) is 8.94. The van der Waals surface area contributed by atoms with E-state index in [0.29, 0.717) is 13.2 Å². The van der Waals surface area contributed by atoms with Crippen molar-refractivity contribution in [2.75, 3.05) is 31.0 Å². The summed E-state index contributed by atoms with van der Waals surface area (Å²) < 4.78 is 10.5. The summed E-state index contributed by atoms with van der Waals surface area (Å²) >= 11 is 0. The molecule has 3 rings (SSSR count). The summed E-state index contributed by atoms with van der Waals surface area (Å²) in [5.74, 6) is 0.677. The van der Waals surface area contributed by atoms with Crippen LogP contribution in [-0.4, -0.2) is 32.3 Å². The smallest absolute Gasteiger partial charge is 0.246 e. The van der Waals surface area contributed by atoms with Crippen LogP contribution >= 0.6 is 0 Å². The molecule has 5 nitrogen and oxygen atoms in total. The summed E-state index contributed by atoms with van der Waals surface area (Å²) in [5.41, 5.74) is 1.64. The molecule has 0 aliphatic rings. The molecule has 0 aliphatic heterocycles. The van der Waals surface area contributed by atoms with E-state index in [1.54, 1.807) is 7.11 Å². The Hall–Kier alpha value is -3.05. The lowest BCUT2D eigenvalue weighted by Crippen LogP contribution is -2.31. The largest absolute Gasteiger partial charge is 0.491 e. The van der Waals surface area contributed by atoms with Gasteiger partial charge >= 0.3 is 0 Å². The molecule has 0 radical (unpaired) electrons. The monoisotopic (exact) mass is 364 g/mol. The summed E-state index contributed by atoms with van der Waals surface area (Å²) in [6, 6.07) is 21.1. The van der Waals surface area contributed by atoms with E-state index < -0.39 is 0 Å². The van der Waals surface area contributed by atoms with E-state index >= 15 is 0 Å². The quantitative estimate of drug-likeness (QED) is 0.585. The molecule has 0 saturated heterocycles. The third-order valence-electron chi connectivity index (χ3n) is 4.20. The predicted molar refractivity (Wildman–Crippen MR) is 109 cm³/mol. The standard InChI is InChI=1S/C22H24N2O3/c1-16(23-19-9-11-21(12-10-19)27-14-13-26-2)22(25)24-20-8-7-17-5-3-4-6-18(17)15-20/h3-12,15-16,23H,13-14H2,1-2H3,(H,24,25)/t16-/m0/s1. The number of fused-ring (bicyclic) bond motifs is 1. The van der Waals surface area contributed by atoms with Gasteiger partial charge in [-0.25, -0.2) is 0 Å². The minimum absolute atomic E-state index is 0.0919. The lowest BCUT2D eigenvalue weighted by atomic mass is 10.1. The Morgan fingerprint density at radius 1 is 0.926 bits per heavy atom. The molecule has 0 saturated carbocycles. The molecule has 27 heavy (non-hydrogen) atoms. The van der Waals surface area contributed by atoms with Gasteiger partial charge in [0.1, 0.15) is 18.4 Å². The molecule has 0 unspecified atom stereocenters. The van der Waals surface area contributed by atoms with E-state index in [1.165, 1.54) is 0 Å². The molecule has 1 amide bonds. The lowest BCUT2D eigenvalue weighted by Gasteiger charge is -2.16. The fourth-order valence-corrected chi connectivity index (χ4v) is 2.72. The Kier molecular flexibility index (Phi) is 6.28. The zero-order chi connectivity index (χ0) is 19.1. The number of rotatable bonds is 8. The summed E-state index contributed by atoms with van der Waals surface area (Å²) in [6.45, 7) is 2.89. The molecule has 140 valence electrons. The number of benzene rings is 3. The maximum absolute atomic E-state index is 12.5. The highest BCUT2D eigenvalue weighted by Crippen LogP contribution is 2.20. The Bertz CT molecular complexity index is 893. The van der Waals surface area contributed by atoms with E-state index in [1.807, 2.05) is 73.7 Å². The molecule has 0 aromatic heterocycles. The Morgan fingerprint density at radius 3 is 2.37 bits per heavy atom. The number of methoxy groups -OCH3 is 1. The third-order valence-corrected chi connectivity index (χ3v) is 4.20. The van der Waals surface area contributed by atoms with Crippen molar-refractivity contribution in [1.82, 2.24) is 0 Å². The minimum atomic E-state index is -0.378. The summed E-state index contributed by atoms with van der Waals surface area (Å²) in [5, 5.41) is 8.41. The molecule has 0 heterocycles. The highest BCUT2D eigenvalue weighted by atomic mass is 16.5. The van der Waals surface area contributed by atoms with Crippen LogP contribution in [0.5, 0.6) is 5.75 Å². The second-order valence-electron chi connectivity index (χ2n) is 6.28. The Morgan fingerprint density at radius 2 is 1.63 bits per heavy atom. The van der Waals surface area contributed by atoms with Crippen LogP contribution in [0.2, 0.25) is 0 Å². The normalized spacial score (nSPS) is 11.8. The van der Waals surface area contributed by atoms with E-state index in [4.69, 9.17) is 9.47 Å². The zero-order valence-corrected chi connectivity index (χ0v) is 15.6. The van der Waals surface area contributed by atoms with Gasteiger partial charge in [0.15, 0.2) is 0 Å². The average molecular weight is 364 g/mol. The van der Waals surface area contributed by atoms with Gasteiger partial charge in [-0.3, -0.25) is 4.79 Å². The number of carbonyl (C=O) groups excluding carboxylic acids is 1. The van der Waals surface area contributed by atoms with Gasteiger partial charge in [0, 0.05) is 18.5 Å². The van der Waals surface area contributed by atoms with Crippen molar-refractivity contribution in [2.24, 2.45) is 0 Å². The molecule has 1 atom stereocenters. The van der Waals surface area contributed by atoms with Gasteiger partial charge in [-0.05, 0) is 54.1 Å². The fourth-order valence-electron chi connectivity index (χ4n) is 2.72. The number of ether oxygens (including phenoxy) is 2. The van der Waals surface area contributed by atoms with Crippen LogP contribution in [0.1, 0.15) is 6.92 Å². The molecule has 0 aliphatic carbocycles. The zero-order valence-electron chi connectivity index (χ0n) is 15.6. The van der Waals surface area contributed by atoms with Gasteiger partial charge < -0.3 is 20.1 Å². The van der Waals surface area contributed by atoms with Crippen molar-refractivity contribution in [3.8, 4) is 5.75 Å². The average Bonchev–Trinajstić information content (AvgIpc) is 2.69. The van der Waals surface area contributed by atoms with Crippen molar-refractivity contribution >= 4 is 28.1 Å². The number of nitrogens with one attached hydrogen (secondary N) is 2. The van der Waals surface area contributed by atoms with Crippen LogP contribution in [0.15, 0.2) is 66.7 Å². The topological polar surface area (TPSA) is 59.6 Å². The van der Waals surface area contributed by atoms with Crippen LogP contribution in [0, 0.1) is 0 Å². The number of hydrogen-bond acceptors (Lipinski definition) is 4. The van der Waals surface area contributed by atoms with Crippen LogP contribution in [0.3, 0.4) is 0 Å². The molecule has 3 aromatic carbocycles. The van der Waals surface area contributed by atoms with Crippen molar-refractivity contribution in [2.45, 2.75) is 13.0 Å². The second kappa shape index (κ2) is 9.05. The first-order chi connectivity index (χ1) is 13.2. The third kappa shape index (κ3) is 5.21. The second-order valence-corrected chi connectivity index (χ2v) is 6.28. The van der Waals surface area contributed by atoms with Gasteiger partial charge in [0.25, 0.3) is 0 Å². The summed E-state index contributed by atoms with van der Waals surface area (Å²) in [4.78, 5) is 12.5. The Labute approximate surface area is 159 Å². The van der Waals surface area contributed by atoms with Crippen molar-refractivity contribution in [3.63, 3.8) is 0 Å². The molecular formula is C22H24N2O3. The molecule has 3 aromatic rings. The van der Waals surface area contributed by atoms with Gasteiger partial charge in [0.2, 0.25) is 5.91 Å². The van der Waals surface area contributed by atoms with Crippen molar-refractivity contribution < 1.29 is 14.3 Å². The van der Waals surface area contributed by atoms with E-state index in [-0.39, 0.29) is 11.9 Å². The fraction of sp³-hybridized carbons (Fsp3) is 0.227. The molecule has 0 fully saturated rings. The van der Waals surface area contributed by atoms with Gasteiger partial charge in [-0.15, -0.1) is 0 Å². The number of hydrogen-bond donors (Lipinski definition) is 2. The highest BCUT2D eigenvalue weighted by molar-refractivity contribution is 5.98. The lowest BCUT2D eigenvalue weighted by molar-refractivity contribution is -0.116. The van der Waals surface area contributed by atoms with Crippen molar-refractivity contribution in [1.29, 1.82) is 0 Å². The summed E-state index contributed by atoms with van der Waals surface area (Å²) in [6.07, 6.45) is 0. The SMILES string of the molecule is COCCOc1ccc(N[C@@H](C)C(=O)Nc2ccc3ccccc3c2)cc1. The predicted octanol–water partition coefficient (Wildman–Crippen LogP) is 4.30. The highest BCUT2D eigenvalue weighted by Gasteiger charge is 2.13. The van der Waals surface area contributed by atoms with Gasteiger partial charge in [0.05, 0.1) is 6.61 Å². The van der Waals surface area contributed by atoms with E-state index in [0.717, 1.165) is 27.9 Å². The number of carbonyl (C=O) groups is 1. The van der Waals surface area contributed by atoms with Crippen LogP contribution in [0.25, 0.3) is 10.8 Å². The van der Waals surface area contributed by atoms with Gasteiger partial charge in [-0.1, -0.05) is 30.3 Å². The number of amides is 1. The number of anilines is 2. The maximum Gasteiger partial charge on any atom is 0.246 e. The Balaban J connectivity index is 1.56. The summed E-state index contributed by atoms with van der Waals surface area (Å²) in [7, 11) is 1.64. The van der Waals surface area contributed by atoms with Crippen LogP contribution in [-0.2, 0) is 9.53 Å². The van der Waals surface area contributed by atoms with E-state index in [9.17, 15) is 4.79 Å². The first kappa shape index (κ1) is 18.7. The van der Waals surface area contributed by atoms with Gasteiger partial charge in [-0.2, -0.15) is 0 Å². The molecule has 0 bridgehead atoms. The van der Waals surface area contributed by atoms with Crippen molar-refractivity contribution in [3.05, 3.63) is 66.7 Å². The maximum atomic E-state index is 12.5. The molecular weight excluding hydrogens is 340 g/mol. The molecule has 0 spiro atoms. The van der Waals surface area contributed by atoms with Crippen LogP contribution in [0.4, 0.5) is 11.4 Å². The first-order valence-electron chi connectivity index (χ1n) is 8.94.